The SMILES string of the molecule is N#Cc1c(SC[C@H](N)C(=O)O)nc(N2CCOCC2)c2c1CCCC2. The molecule has 1 saturated heterocycles. The number of anilines is 1. The second kappa shape index (κ2) is 8.04. The van der Waals surface area contributed by atoms with Crippen LogP contribution in [-0.4, -0.2) is 54.2 Å². The number of hydrogen-bond acceptors (Lipinski definition) is 7. The number of thioether (sulfide) groups is 1. The molecule has 0 radical (unpaired) electrons. The average molecular weight is 362 g/mol. The van der Waals surface area contributed by atoms with E-state index < -0.39 is 12.0 Å². The monoisotopic (exact) mass is 362 g/mol. The minimum absolute atomic E-state index is 0.193. The minimum Gasteiger partial charge on any atom is -0.480 e. The van der Waals surface area contributed by atoms with Crippen molar-refractivity contribution in [2.24, 2.45) is 5.73 Å². The molecule has 2 aliphatic rings. The van der Waals surface area contributed by atoms with Crippen LogP contribution in [0.3, 0.4) is 0 Å². The second-order valence-corrected chi connectivity index (χ2v) is 7.26. The molecule has 0 bridgehead atoms. The standard InChI is InChI=1S/C17H22N4O3S/c18-9-13-11-3-1-2-4-12(11)15(21-5-7-24-8-6-21)20-16(13)25-10-14(19)17(22)23/h14H,1-8,10,19H2,(H,22,23)/t14-/m0/s1. The average Bonchev–Trinajstić information content (AvgIpc) is 2.65. The lowest BCUT2D eigenvalue weighted by atomic mass is 9.89. The summed E-state index contributed by atoms with van der Waals surface area (Å²) in [5.41, 5.74) is 8.47. The zero-order valence-corrected chi connectivity index (χ0v) is 14.8. The Labute approximate surface area is 151 Å². The molecule has 2 heterocycles. The lowest BCUT2D eigenvalue weighted by Crippen LogP contribution is -2.38. The zero-order chi connectivity index (χ0) is 17.8. The normalized spacial score (nSPS) is 18.3. The summed E-state index contributed by atoms with van der Waals surface area (Å²) in [6.07, 6.45) is 3.97. The Morgan fingerprint density at radius 1 is 1.36 bits per heavy atom. The van der Waals surface area contributed by atoms with Gasteiger partial charge in [0, 0.05) is 18.8 Å². The van der Waals surface area contributed by atoms with Crippen molar-refractivity contribution in [1.82, 2.24) is 4.98 Å². The third-order valence-electron chi connectivity index (χ3n) is 4.60. The first-order valence-electron chi connectivity index (χ1n) is 8.51. The molecule has 1 aliphatic carbocycles. The van der Waals surface area contributed by atoms with Gasteiger partial charge in [-0.25, -0.2) is 4.98 Å². The number of nitrogens with zero attached hydrogens (tertiary/aromatic N) is 3. The van der Waals surface area contributed by atoms with Gasteiger partial charge in [0.2, 0.25) is 0 Å². The van der Waals surface area contributed by atoms with Crippen LogP contribution in [0.1, 0.15) is 29.5 Å². The zero-order valence-electron chi connectivity index (χ0n) is 14.0. The Morgan fingerprint density at radius 2 is 2.04 bits per heavy atom. The van der Waals surface area contributed by atoms with Gasteiger partial charge in [0.1, 0.15) is 23.0 Å². The van der Waals surface area contributed by atoms with Crippen LogP contribution in [0.15, 0.2) is 5.03 Å². The molecule has 1 aromatic heterocycles. The van der Waals surface area contributed by atoms with E-state index in [1.165, 1.54) is 17.3 Å². The number of pyridine rings is 1. The van der Waals surface area contributed by atoms with Crippen LogP contribution >= 0.6 is 11.8 Å². The van der Waals surface area contributed by atoms with E-state index in [1.807, 2.05) is 0 Å². The lowest BCUT2D eigenvalue weighted by molar-refractivity contribution is -0.137. The maximum Gasteiger partial charge on any atom is 0.321 e. The number of fused-ring (bicyclic) bond motifs is 1. The summed E-state index contributed by atoms with van der Waals surface area (Å²) in [7, 11) is 0. The van der Waals surface area contributed by atoms with E-state index in [2.05, 4.69) is 11.0 Å². The molecule has 1 atom stereocenters. The predicted molar refractivity (Wildman–Crippen MR) is 95.0 cm³/mol. The Morgan fingerprint density at radius 3 is 2.68 bits per heavy atom. The summed E-state index contributed by atoms with van der Waals surface area (Å²) in [5, 5.41) is 19.3. The van der Waals surface area contributed by atoms with Crippen molar-refractivity contribution in [1.29, 1.82) is 5.26 Å². The number of hydrogen-bond donors (Lipinski definition) is 2. The Balaban J connectivity index is 1.98. The van der Waals surface area contributed by atoms with Crippen LogP contribution in [0.25, 0.3) is 0 Å². The largest absolute Gasteiger partial charge is 0.480 e. The smallest absolute Gasteiger partial charge is 0.321 e. The van der Waals surface area contributed by atoms with E-state index in [0.717, 1.165) is 50.2 Å². The fourth-order valence-corrected chi connectivity index (χ4v) is 4.22. The molecule has 0 saturated carbocycles. The van der Waals surface area contributed by atoms with E-state index in [9.17, 15) is 10.1 Å². The van der Waals surface area contributed by atoms with E-state index in [4.69, 9.17) is 20.6 Å². The van der Waals surface area contributed by atoms with Gasteiger partial charge in [0.05, 0.1) is 18.8 Å². The molecule has 1 fully saturated rings. The number of carbonyl (C=O) groups is 1. The van der Waals surface area contributed by atoms with Crippen LogP contribution < -0.4 is 10.6 Å². The number of nitrogens with two attached hydrogens (primary N) is 1. The molecule has 0 spiro atoms. The van der Waals surface area contributed by atoms with Gasteiger partial charge in [-0.15, -0.1) is 11.8 Å². The van der Waals surface area contributed by atoms with Crippen LogP contribution in [0.2, 0.25) is 0 Å². The van der Waals surface area contributed by atoms with Crippen molar-refractivity contribution in [2.45, 2.75) is 36.8 Å². The molecular formula is C17H22N4O3S. The number of aliphatic carboxylic acids is 1. The van der Waals surface area contributed by atoms with Gasteiger partial charge in [-0.1, -0.05) is 0 Å². The Hall–Kier alpha value is -1.82. The van der Waals surface area contributed by atoms with Gasteiger partial charge in [0.25, 0.3) is 0 Å². The van der Waals surface area contributed by atoms with Gasteiger partial charge in [-0.05, 0) is 36.8 Å². The van der Waals surface area contributed by atoms with Crippen LogP contribution in [0, 0.1) is 11.3 Å². The molecule has 0 aromatic carbocycles. The van der Waals surface area contributed by atoms with Crippen molar-refractivity contribution in [2.75, 3.05) is 37.0 Å². The summed E-state index contributed by atoms with van der Waals surface area (Å²) >= 11 is 1.26. The summed E-state index contributed by atoms with van der Waals surface area (Å²) < 4.78 is 5.44. The molecule has 3 rings (SSSR count). The first-order valence-corrected chi connectivity index (χ1v) is 9.50. The summed E-state index contributed by atoms with van der Waals surface area (Å²) in [6, 6.07) is 1.32. The fourth-order valence-electron chi connectivity index (χ4n) is 3.27. The number of carboxylic acids is 1. The molecule has 1 aromatic rings. The van der Waals surface area contributed by atoms with Crippen LogP contribution in [0.4, 0.5) is 5.82 Å². The predicted octanol–water partition coefficient (Wildman–Crippen LogP) is 1.17. The summed E-state index contributed by atoms with van der Waals surface area (Å²) in [6.45, 7) is 2.90. The number of carboxylic acid groups (broad SMARTS) is 1. The topological polar surface area (TPSA) is 112 Å². The first kappa shape index (κ1) is 18.0. The Bertz CT molecular complexity index is 698. The van der Waals surface area contributed by atoms with Gasteiger partial charge in [0.15, 0.2) is 0 Å². The third kappa shape index (κ3) is 3.89. The minimum atomic E-state index is -1.04. The van der Waals surface area contributed by atoms with E-state index in [1.54, 1.807) is 0 Å². The van der Waals surface area contributed by atoms with Crippen molar-refractivity contribution in [3.63, 3.8) is 0 Å². The molecule has 8 heteroatoms. The highest BCUT2D eigenvalue weighted by atomic mass is 32.2. The molecule has 0 amide bonds. The van der Waals surface area contributed by atoms with Crippen molar-refractivity contribution >= 4 is 23.5 Å². The van der Waals surface area contributed by atoms with E-state index in [0.29, 0.717) is 23.8 Å². The van der Waals surface area contributed by atoms with Gasteiger partial charge in [-0.2, -0.15) is 5.26 Å². The number of rotatable bonds is 5. The second-order valence-electron chi connectivity index (χ2n) is 6.25. The summed E-state index contributed by atoms with van der Waals surface area (Å²) in [5.74, 6) is 0.0824. The quantitative estimate of drug-likeness (QED) is 0.751. The lowest BCUT2D eigenvalue weighted by Gasteiger charge is -2.32. The molecule has 134 valence electrons. The molecule has 0 unspecified atom stereocenters. The van der Waals surface area contributed by atoms with Crippen LogP contribution in [0.5, 0.6) is 0 Å². The van der Waals surface area contributed by atoms with Crippen molar-refractivity contribution < 1.29 is 14.6 Å². The van der Waals surface area contributed by atoms with Gasteiger partial charge in [-0.3, -0.25) is 4.79 Å². The van der Waals surface area contributed by atoms with Crippen LogP contribution in [-0.2, 0) is 22.4 Å². The first-order chi connectivity index (χ1) is 12.1. The number of nitriles is 1. The maximum atomic E-state index is 11.0. The highest BCUT2D eigenvalue weighted by molar-refractivity contribution is 7.99. The number of aromatic nitrogens is 1. The summed E-state index contributed by atoms with van der Waals surface area (Å²) in [4.78, 5) is 18.0. The molecule has 1 aliphatic heterocycles. The van der Waals surface area contributed by atoms with Crippen molar-refractivity contribution in [3.8, 4) is 6.07 Å². The van der Waals surface area contributed by atoms with Gasteiger partial charge >= 0.3 is 5.97 Å². The van der Waals surface area contributed by atoms with Gasteiger partial charge < -0.3 is 20.5 Å². The molecule has 3 N–H and O–H groups in total. The number of morpholine rings is 1. The molecule has 7 nitrogen and oxygen atoms in total. The molecule has 25 heavy (non-hydrogen) atoms. The third-order valence-corrected chi connectivity index (χ3v) is 5.69. The highest BCUT2D eigenvalue weighted by Crippen LogP contribution is 2.36. The number of ether oxygens (including phenoxy) is 1. The Kier molecular flexibility index (Phi) is 5.78. The van der Waals surface area contributed by atoms with E-state index >= 15 is 0 Å². The van der Waals surface area contributed by atoms with Crippen molar-refractivity contribution in [3.05, 3.63) is 16.7 Å². The fraction of sp³-hybridized carbons (Fsp3) is 0.588. The molecular weight excluding hydrogens is 340 g/mol. The maximum absolute atomic E-state index is 11.0. The van der Waals surface area contributed by atoms with E-state index in [-0.39, 0.29) is 5.75 Å². The highest BCUT2D eigenvalue weighted by Gasteiger charge is 2.26.